The molecule has 0 atom stereocenters. The Bertz CT molecular complexity index is 1080. The molecule has 0 aliphatic heterocycles. The van der Waals surface area contributed by atoms with E-state index in [0.29, 0.717) is 22.5 Å². The van der Waals surface area contributed by atoms with Gasteiger partial charge in [0.2, 0.25) is 0 Å². The van der Waals surface area contributed by atoms with Crippen molar-refractivity contribution in [3.8, 4) is 5.69 Å². The molecule has 0 bridgehead atoms. The normalized spacial score (nSPS) is 11.5. The van der Waals surface area contributed by atoms with E-state index in [1.54, 1.807) is 41.1 Å². The van der Waals surface area contributed by atoms with Gasteiger partial charge in [0, 0.05) is 16.8 Å². The first kappa shape index (κ1) is 22.2. The van der Waals surface area contributed by atoms with Crippen LogP contribution in [-0.2, 0) is 0 Å². The highest BCUT2D eigenvalue weighted by molar-refractivity contribution is 6.05. The third-order valence-electron chi connectivity index (χ3n) is 4.56. The molecule has 0 unspecified atom stereocenters. The number of hydrogen-bond acceptors (Lipinski definition) is 3. The van der Waals surface area contributed by atoms with E-state index in [2.05, 4.69) is 15.7 Å². The molecular weight excluding hydrogens is 395 g/mol. The van der Waals surface area contributed by atoms with E-state index in [1.165, 1.54) is 18.3 Å². The van der Waals surface area contributed by atoms with Gasteiger partial charge in [-0.05, 0) is 75.2 Å². The molecule has 2 aromatic carbocycles. The first-order valence-electron chi connectivity index (χ1n) is 10.1. The van der Waals surface area contributed by atoms with Gasteiger partial charge in [-0.25, -0.2) is 9.07 Å². The topological polar surface area (TPSA) is 76.0 Å². The molecule has 0 radical (unpaired) electrons. The highest BCUT2D eigenvalue weighted by atomic mass is 19.1. The van der Waals surface area contributed by atoms with Crippen LogP contribution in [0.15, 0.2) is 54.7 Å². The number of nitrogens with zero attached hydrogens (tertiary/aromatic N) is 2. The fourth-order valence-corrected chi connectivity index (χ4v) is 3.19. The molecule has 0 fully saturated rings. The summed E-state index contributed by atoms with van der Waals surface area (Å²) in [6.07, 6.45) is 1.51. The summed E-state index contributed by atoms with van der Waals surface area (Å²) in [5.41, 5.74) is 2.60. The zero-order chi connectivity index (χ0) is 22.8. The molecule has 3 rings (SSSR count). The van der Waals surface area contributed by atoms with Crippen LogP contribution in [0.25, 0.3) is 5.69 Å². The van der Waals surface area contributed by atoms with E-state index in [0.717, 1.165) is 5.69 Å². The van der Waals surface area contributed by atoms with E-state index in [9.17, 15) is 14.0 Å². The number of benzene rings is 2. The lowest BCUT2D eigenvalue weighted by Crippen LogP contribution is -2.40. The minimum atomic E-state index is -0.334. The summed E-state index contributed by atoms with van der Waals surface area (Å²) < 4.78 is 14.9. The lowest BCUT2D eigenvalue weighted by atomic mass is 10.0. The van der Waals surface area contributed by atoms with Gasteiger partial charge in [-0.3, -0.25) is 9.59 Å². The number of carbonyl (C=O) groups excluding carboxylic acids is 2. The number of amides is 2. The average Bonchev–Trinajstić information content (AvgIpc) is 3.13. The average molecular weight is 423 g/mol. The summed E-state index contributed by atoms with van der Waals surface area (Å²) in [7, 11) is 0. The standard InChI is InChI=1S/C24H27FN4O2/c1-15(2)21-20(14-26-29(21)19-12-8-17(25)9-13-19)23(31)27-18-10-6-16(7-11-18)22(30)28-24(3,4)5/h6-15H,1-5H3,(H,27,31)(H,28,30). The van der Waals surface area contributed by atoms with E-state index >= 15 is 0 Å². The zero-order valence-corrected chi connectivity index (χ0v) is 18.4. The summed E-state index contributed by atoms with van der Waals surface area (Å²) >= 11 is 0. The fraction of sp³-hybridized carbons (Fsp3) is 0.292. The van der Waals surface area contributed by atoms with Crippen molar-refractivity contribution in [3.05, 3.63) is 77.4 Å². The van der Waals surface area contributed by atoms with Gasteiger partial charge in [0.05, 0.1) is 23.1 Å². The van der Waals surface area contributed by atoms with Crippen LogP contribution in [0.4, 0.5) is 10.1 Å². The van der Waals surface area contributed by atoms with Crippen molar-refractivity contribution >= 4 is 17.5 Å². The molecule has 2 N–H and O–H groups in total. The van der Waals surface area contributed by atoms with Crippen LogP contribution in [-0.4, -0.2) is 27.1 Å². The van der Waals surface area contributed by atoms with Gasteiger partial charge in [0.15, 0.2) is 0 Å². The maximum absolute atomic E-state index is 13.3. The summed E-state index contributed by atoms with van der Waals surface area (Å²) in [5.74, 6) is -0.798. The lowest BCUT2D eigenvalue weighted by molar-refractivity contribution is 0.0919. The van der Waals surface area contributed by atoms with E-state index in [4.69, 9.17) is 0 Å². The Morgan fingerprint density at radius 3 is 2.13 bits per heavy atom. The molecule has 1 heterocycles. The van der Waals surface area contributed by atoms with Crippen molar-refractivity contribution < 1.29 is 14.0 Å². The number of aromatic nitrogens is 2. The third-order valence-corrected chi connectivity index (χ3v) is 4.56. The van der Waals surface area contributed by atoms with Crippen molar-refractivity contribution in [1.82, 2.24) is 15.1 Å². The summed E-state index contributed by atoms with van der Waals surface area (Å²) in [6.45, 7) is 9.68. The second kappa shape index (κ2) is 8.71. The Morgan fingerprint density at radius 1 is 0.968 bits per heavy atom. The minimum Gasteiger partial charge on any atom is -0.347 e. The molecule has 7 heteroatoms. The van der Waals surface area contributed by atoms with Crippen LogP contribution >= 0.6 is 0 Å². The van der Waals surface area contributed by atoms with Crippen molar-refractivity contribution in [2.24, 2.45) is 0 Å². The van der Waals surface area contributed by atoms with Crippen LogP contribution in [0.1, 0.15) is 66.9 Å². The Hall–Kier alpha value is -3.48. The SMILES string of the molecule is CC(C)c1c(C(=O)Nc2ccc(C(=O)NC(C)(C)C)cc2)cnn1-c1ccc(F)cc1. The van der Waals surface area contributed by atoms with Crippen LogP contribution < -0.4 is 10.6 Å². The number of anilines is 1. The van der Waals surface area contributed by atoms with Crippen molar-refractivity contribution in [2.75, 3.05) is 5.32 Å². The molecule has 31 heavy (non-hydrogen) atoms. The first-order valence-corrected chi connectivity index (χ1v) is 10.1. The second-order valence-electron chi connectivity index (χ2n) is 8.72. The van der Waals surface area contributed by atoms with E-state index in [-0.39, 0.29) is 29.1 Å². The van der Waals surface area contributed by atoms with Crippen LogP contribution in [0.2, 0.25) is 0 Å². The predicted octanol–water partition coefficient (Wildman–Crippen LogP) is 4.92. The van der Waals surface area contributed by atoms with Gasteiger partial charge < -0.3 is 10.6 Å². The molecule has 0 saturated heterocycles. The molecule has 0 spiro atoms. The molecule has 0 aliphatic rings. The van der Waals surface area contributed by atoms with Gasteiger partial charge in [0.25, 0.3) is 11.8 Å². The van der Waals surface area contributed by atoms with Gasteiger partial charge in [-0.1, -0.05) is 13.8 Å². The highest BCUT2D eigenvalue weighted by Gasteiger charge is 2.21. The molecule has 162 valence electrons. The maximum atomic E-state index is 13.3. The second-order valence-corrected chi connectivity index (χ2v) is 8.72. The molecule has 1 aromatic heterocycles. The van der Waals surface area contributed by atoms with Crippen LogP contribution in [0, 0.1) is 5.82 Å². The third kappa shape index (κ3) is 5.36. The number of hydrogen-bond donors (Lipinski definition) is 2. The van der Waals surface area contributed by atoms with Gasteiger partial charge >= 0.3 is 0 Å². The van der Waals surface area contributed by atoms with Crippen LogP contribution in [0.3, 0.4) is 0 Å². The van der Waals surface area contributed by atoms with Crippen molar-refractivity contribution in [2.45, 2.75) is 46.1 Å². The molecule has 0 saturated carbocycles. The van der Waals surface area contributed by atoms with Crippen molar-refractivity contribution in [1.29, 1.82) is 0 Å². The summed E-state index contributed by atoms with van der Waals surface area (Å²) in [5, 5.41) is 10.1. The Balaban J connectivity index is 1.81. The monoisotopic (exact) mass is 422 g/mol. The molecule has 3 aromatic rings. The Kier molecular flexibility index (Phi) is 6.24. The summed E-state index contributed by atoms with van der Waals surface area (Å²) in [4.78, 5) is 25.2. The lowest BCUT2D eigenvalue weighted by Gasteiger charge is -2.20. The minimum absolute atomic E-state index is 0.0109. The first-order chi connectivity index (χ1) is 14.5. The van der Waals surface area contributed by atoms with Gasteiger partial charge in [0.1, 0.15) is 5.82 Å². The number of carbonyl (C=O) groups is 2. The van der Waals surface area contributed by atoms with Gasteiger partial charge in [-0.2, -0.15) is 5.10 Å². The fourth-order valence-electron chi connectivity index (χ4n) is 3.19. The quantitative estimate of drug-likeness (QED) is 0.613. The number of halogens is 1. The highest BCUT2D eigenvalue weighted by Crippen LogP contribution is 2.24. The summed E-state index contributed by atoms with van der Waals surface area (Å²) in [6, 6.07) is 12.7. The van der Waals surface area contributed by atoms with Gasteiger partial charge in [-0.15, -0.1) is 0 Å². The van der Waals surface area contributed by atoms with Crippen LogP contribution in [0.5, 0.6) is 0 Å². The van der Waals surface area contributed by atoms with E-state index < -0.39 is 0 Å². The predicted molar refractivity (Wildman–Crippen MR) is 119 cm³/mol. The van der Waals surface area contributed by atoms with E-state index in [1.807, 2.05) is 34.6 Å². The Labute approximate surface area is 181 Å². The molecule has 6 nitrogen and oxygen atoms in total. The van der Waals surface area contributed by atoms with Crippen molar-refractivity contribution in [3.63, 3.8) is 0 Å². The molecule has 0 aliphatic carbocycles. The number of rotatable bonds is 5. The Morgan fingerprint density at radius 2 is 1.58 bits per heavy atom. The largest absolute Gasteiger partial charge is 0.347 e. The molecule has 2 amide bonds. The maximum Gasteiger partial charge on any atom is 0.259 e. The zero-order valence-electron chi connectivity index (χ0n) is 18.4. The number of nitrogens with one attached hydrogen (secondary N) is 2. The smallest absolute Gasteiger partial charge is 0.259 e. The molecular formula is C24H27FN4O2.